The van der Waals surface area contributed by atoms with Gasteiger partial charge in [0.05, 0.1) is 0 Å². The van der Waals surface area contributed by atoms with Gasteiger partial charge in [-0.05, 0) is 37.4 Å². The summed E-state index contributed by atoms with van der Waals surface area (Å²) in [6.07, 6.45) is 5.09. The van der Waals surface area contributed by atoms with Crippen LogP contribution in [0, 0.1) is 11.7 Å². The minimum Gasteiger partial charge on any atom is -0.326 e. The van der Waals surface area contributed by atoms with Gasteiger partial charge >= 0.3 is 0 Å². The normalized spacial score (nSPS) is 23.8. The lowest BCUT2D eigenvalue weighted by molar-refractivity contribution is 0.156. The molecule has 3 heteroatoms. The zero-order valence-electron chi connectivity index (χ0n) is 12.0. The summed E-state index contributed by atoms with van der Waals surface area (Å²) < 4.78 is 13.8. The minimum absolute atomic E-state index is 0.118. The number of nitrogens with two attached hydrogens (primary N) is 1. The van der Waals surface area contributed by atoms with Crippen LogP contribution in [0.1, 0.15) is 43.7 Å². The topological polar surface area (TPSA) is 29.3 Å². The van der Waals surface area contributed by atoms with Crippen molar-refractivity contribution in [1.82, 2.24) is 4.90 Å². The lowest BCUT2D eigenvalue weighted by Gasteiger charge is -2.34. The van der Waals surface area contributed by atoms with E-state index in [1.165, 1.54) is 31.7 Å². The molecule has 1 aromatic rings. The number of hydrogen-bond donors (Lipinski definition) is 1. The van der Waals surface area contributed by atoms with E-state index in [1.807, 2.05) is 6.07 Å². The summed E-state index contributed by atoms with van der Waals surface area (Å²) in [6.45, 7) is 3.46. The van der Waals surface area contributed by atoms with Crippen LogP contribution in [-0.4, -0.2) is 18.0 Å². The second-order valence-corrected chi connectivity index (χ2v) is 5.97. The summed E-state index contributed by atoms with van der Waals surface area (Å²) in [7, 11) is 2.11. The Morgan fingerprint density at radius 1 is 1.37 bits per heavy atom. The molecule has 0 aromatic heterocycles. The highest BCUT2D eigenvalue weighted by atomic mass is 19.1. The maximum atomic E-state index is 13.8. The van der Waals surface area contributed by atoms with E-state index in [4.69, 9.17) is 5.73 Å². The molecule has 2 nitrogen and oxygen atoms in total. The van der Waals surface area contributed by atoms with Crippen molar-refractivity contribution < 1.29 is 4.39 Å². The van der Waals surface area contributed by atoms with E-state index >= 15 is 0 Å². The van der Waals surface area contributed by atoms with E-state index in [1.54, 1.807) is 6.07 Å². The second-order valence-electron chi connectivity index (χ2n) is 5.97. The lowest BCUT2D eigenvalue weighted by Crippen LogP contribution is -2.35. The van der Waals surface area contributed by atoms with Crippen molar-refractivity contribution in [1.29, 1.82) is 0 Å². The first-order valence-electron chi connectivity index (χ1n) is 7.27. The summed E-state index contributed by atoms with van der Waals surface area (Å²) in [6, 6.07) is 5.79. The van der Waals surface area contributed by atoms with E-state index in [0.717, 1.165) is 17.0 Å². The Morgan fingerprint density at radius 3 is 2.84 bits per heavy atom. The zero-order chi connectivity index (χ0) is 13.8. The van der Waals surface area contributed by atoms with Gasteiger partial charge < -0.3 is 5.73 Å². The Balaban J connectivity index is 2.03. The standard InChI is InChI=1S/C16H25FN2/c1-12-4-3-5-15(8-12)19(2)11-14-9-13(10-18)6-7-16(14)17/h6-7,9,12,15H,3-5,8,10-11,18H2,1-2H3. The van der Waals surface area contributed by atoms with Crippen LogP contribution in [0.4, 0.5) is 4.39 Å². The van der Waals surface area contributed by atoms with E-state index in [-0.39, 0.29) is 5.82 Å². The van der Waals surface area contributed by atoms with E-state index in [9.17, 15) is 4.39 Å². The Hall–Kier alpha value is -0.930. The molecule has 0 spiro atoms. The minimum atomic E-state index is -0.118. The molecule has 0 heterocycles. The zero-order valence-corrected chi connectivity index (χ0v) is 12.0. The molecule has 1 aliphatic carbocycles. The highest BCUT2D eigenvalue weighted by Crippen LogP contribution is 2.27. The van der Waals surface area contributed by atoms with Gasteiger partial charge in [-0.2, -0.15) is 0 Å². The molecule has 1 saturated carbocycles. The van der Waals surface area contributed by atoms with E-state index < -0.39 is 0 Å². The number of benzene rings is 1. The van der Waals surface area contributed by atoms with Crippen molar-refractivity contribution in [3.63, 3.8) is 0 Å². The third-order valence-corrected chi connectivity index (χ3v) is 4.30. The van der Waals surface area contributed by atoms with E-state index in [0.29, 0.717) is 19.1 Å². The predicted molar refractivity (Wildman–Crippen MR) is 77.2 cm³/mol. The van der Waals surface area contributed by atoms with Gasteiger partial charge in [-0.25, -0.2) is 4.39 Å². The monoisotopic (exact) mass is 264 g/mol. The number of nitrogens with zero attached hydrogens (tertiary/aromatic N) is 1. The molecule has 0 aliphatic heterocycles. The average molecular weight is 264 g/mol. The van der Waals surface area contributed by atoms with Crippen molar-refractivity contribution in [3.8, 4) is 0 Å². The third-order valence-electron chi connectivity index (χ3n) is 4.30. The van der Waals surface area contributed by atoms with Crippen LogP contribution in [0.15, 0.2) is 18.2 Å². The van der Waals surface area contributed by atoms with Gasteiger partial charge in [-0.15, -0.1) is 0 Å². The number of hydrogen-bond acceptors (Lipinski definition) is 2. The largest absolute Gasteiger partial charge is 0.326 e. The molecule has 1 aromatic carbocycles. The first kappa shape index (κ1) is 14.5. The molecular weight excluding hydrogens is 239 g/mol. The summed E-state index contributed by atoms with van der Waals surface area (Å²) >= 11 is 0. The first-order chi connectivity index (χ1) is 9.10. The van der Waals surface area contributed by atoms with Crippen LogP contribution >= 0.6 is 0 Å². The molecule has 0 radical (unpaired) electrons. The summed E-state index contributed by atoms with van der Waals surface area (Å²) in [4.78, 5) is 2.30. The van der Waals surface area contributed by atoms with Crippen molar-refractivity contribution >= 4 is 0 Å². The SMILES string of the molecule is CC1CCCC(N(C)Cc2cc(CN)ccc2F)C1. The highest BCUT2D eigenvalue weighted by Gasteiger charge is 2.22. The van der Waals surface area contributed by atoms with Gasteiger partial charge in [0.2, 0.25) is 0 Å². The molecule has 106 valence electrons. The smallest absolute Gasteiger partial charge is 0.127 e. The molecule has 1 aliphatic rings. The fourth-order valence-corrected chi connectivity index (χ4v) is 3.08. The number of halogens is 1. The molecule has 0 saturated heterocycles. The average Bonchev–Trinajstić information content (AvgIpc) is 2.41. The van der Waals surface area contributed by atoms with Crippen LogP contribution in [-0.2, 0) is 13.1 Å². The van der Waals surface area contributed by atoms with Gasteiger partial charge in [0, 0.05) is 24.7 Å². The second kappa shape index (κ2) is 6.49. The molecule has 2 rings (SSSR count). The lowest BCUT2D eigenvalue weighted by atomic mass is 9.86. The fraction of sp³-hybridized carbons (Fsp3) is 0.625. The Labute approximate surface area is 115 Å². The molecule has 0 bridgehead atoms. The molecule has 19 heavy (non-hydrogen) atoms. The van der Waals surface area contributed by atoms with Crippen molar-refractivity contribution in [2.24, 2.45) is 11.7 Å². The third kappa shape index (κ3) is 3.77. The van der Waals surface area contributed by atoms with Crippen molar-refractivity contribution in [2.45, 2.75) is 51.7 Å². The van der Waals surface area contributed by atoms with Gasteiger partial charge in [0.25, 0.3) is 0 Å². The Kier molecular flexibility index (Phi) is 4.94. The van der Waals surface area contributed by atoms with Crippen LogP contribution in [0.5, 0.6) is 0 Å². The molecular formula is C16H25FN2. The van der Waals surface area contributed by atoms with Gasteiger partial charge in [-0.1, -0.05) is 31.9 Å². The fourth-order valence-electron chi connectivity index (χ4n) is 3.08. The van der Waals surface area contributed by atoms with Crippen LogP contribution in [0.3, 0.4) is 0 Å². The van der Waals surface area contributed by atoms with Crippen LogP contribution in [0.2, 0.25) is 0 Å². The predicted octanol–water partition coefficient (Wildman–Crippen LogP) is 3.29. The maximum Gasteiger partial charge on any atom is 0.127 e. The molecule has 0 amide bonds. The van der Waals surface area contributed by atoms with Crippen molar-refractivity contribution in [3.05, 3.63) is 35.1 Å². The molecule has 2 atom stereocenters. The molecule has 2 unspecified atom stereocenters. The molecule has 1 fully saturated rings. The summed E-state index contributed by atoms with van der Waals surface area (Å²) in [5.74, 6) is 0.675. The van der Waals surface area contributed by atoms with E-state index in [2.05, 4.69) is 18.9 Å². The first-order valence-corrected chi connectivity index (χ1v) is 7.27. The highest BCUT2D eigenvalue weighted by molar-refractivity contribution is 5.25. The van der Waals surface area contributed by atoms with Crippen LogP contribution in [0.25, 0.3) is 0 Å². The molecule has 2 N–H and O–H groups in total. The maximum absolute atomic E-state index is 13.8. The van der Waals surface area contributed by atoms with Crippen molar-refractivity contribution in [2.75, 3.05) is 7.05 Å². The number of rotatable bonds is 4. The van der Waals surface area contributed by atoms with Crippen LogP contribution < -0.4 is 5.73 Å². The van der Waals surface area contributed by atoms with Gasteiger partial charge in [0.1, 0.15) is 5.82 Å². The Bertz CT molecular complexity index is 419. The van der Waals surface area contributed by atoms with Gasteiger partial charge in [0.15, 0.2) is 0 Å². The van der Waals surface area contributed by atoms with Gasteiger partial charge in [-0.3, -0.25) is 4.90 Å². The Morgan fingerprint density at radius 2 is 2.16 bits per heavy atom. The quantitative estimate of drug-likeness (QED) is 0.904. The summed E-state index contributed by atoms with van der Waals surface area (Å²) in [5.41, 5.74) is 7.39. The summed E-state index contributed by atoms with van der Waals surface area (Å²) in [5, 5.41) is 0.